The summed E-state index contributed by atoms with van der Waals surface area (Å²) in [6.07, 6.45) is 7.09. The Morgan fingerprint density at radius 2 is 1.90 bits per heavy atom. The number of allylic oxidation sites excluding steroid dienone is 1. The molecule has 3 rings (SSSR count). The number of carbonyl (C=O) groups is 2. The van der Waals surface area contributed by atoms with Crippen LogP contribution in [-0.2, 0) is 14.6 Å². The molecule has 1 aliphatic rings. The molecule has 1 atom stereocenters. The normalized spacial score (nSPS) is 16.3. The van der Waals surface area contributed by atoms with Crippen LogP contribution in [0, 0.1) is 0 Å². The molecule has 30 heavy (non-hydrogen) atoms. The molecule has 1 aromatic carbocycles. The molecule has 2 amide bonds. The lowest BCUT2D eigenvalue weighted by Crippen LogP contribution is -2.23. The van der Waals surface area contributed by atoms with Gasteiger partial charge in [-0.15, -0.1) is 0 Å². The van der Waals surface area contributed by atoms with Gasteiger partial charge in [-0.25, -0.2) is 8.42 Å². The number of nitrogens with zero attached hydrogens (tertiary/aromatic N) is 1. The first-order valence-corrected chi connectivity index (χ1v) is 11.4. The molecule has 7 nitrogen and oxygen atoms in total. The zero-order valence-electron chi connectivity index (χ0n) is 15.7. The molecule has 0 fully saturated rings. The van der Waals surface area contributed by atoms with Gasteiger partial charge in [-0.1, -0.05) is 29.3 Å². The lowest BCUT2D eigenvalue weighted by molar-refractivity contribution is -0.112. The zero-order chi connectivity index (χ0) is 21.9. The van der Waals surface area contributed by atoms with Gasteiger partial charge in [0.1, 0.15) is 0 Å². The Morgan fingerprint density at radius 3 is 2.53 bits per heavy atom. The van der Waals surface area contributed by atoms with Crippen molar-refractivity contribution in [1.29, 1.82) is 0 Å². The number of anilines is 2. The van der Waals surface area contributed by atoms with Gasteiger partial charge in [-0.05, 0) is 42.8 Å². The number of hydrogen-bond acceptors (Lipinski definition) is 5. The quantitative estimate of drug-likeness (QED) is 0.698. The second-order valence-electron chi connectivity index (χ2n) is 6.58. The molecule has 10 heteroatoms. The largest absolute Gasteiger partial charge is 0.322 e. The molecule has 0 bridgehead atoms. The first kappa shape index (κ1) is 22.0. The Morgan fingerprint density at radius 1 is 1.13 bits per heavy atom. The second kappa shape index (κ2) is 8.99. The minimum atomic E-state index is -3.31. The highest BCUT2D eigenvalue weighted by Gasteiger charge is 2.25. The maximum atomic E-state index is 12.6. The standard InChI is InChI=1S/C20H17Cl2N3O4S/c1-30(28,29)14-5-6-15(17(22)10-14)20(27)24-13-4-7-16(21)18(9-13)25-19(26)12-3-2-8-23-11-12/h2-4,6-11,14H,5H2,1H3,(H,24,27)(H,25,26). The van der Waals surface area contributed by atoms with Gasteiger partial charge in [-0.2, -0.15) is 0 Å². The monoisotopic (exact) mass is 465 g/mol. The highest BCUT2D eigenvalue weighted by Crippen LogP contribution is 2.29. The van der Waals surface area contributed by atoms with Gasteiger partial charge in [0.2, 0.25) is 0 Å². The van der Waals surface area contributed by atoms with Crippen molar-refractivity contribution in [1.82, 2.24) is 4.98 Å². The number of hydrogen-bond donors (Lipinski definition) is 2. The Bertz CT molecular complexity index is 1160. The summed E-state index contributed by atoms with van der Waals surface area (Å²) in [6, 6.07) is 7.85. The highest BCUT2D eigenvalue weighted by atomic mass is 35.5. The molecule has 0 radical (unpaired) electrons. The first-order chi connectivity index (χ1) is 14.1. The Kier molecular flexibility index (Phi) is 6.60. The second-order valence-corrected chi connectivity index (χ2v) is 9.66. The van der Waals surface area contributed by atoms with E-state index in [1.54, 1.807) is 24.4 Å². The molecule has 156 valence electrons. The molecule has 1 aromatic heterocycles. The van der Waals surface area contributed by atoms with Crippen LogP contribution in [0.5, 0.6) is 0 Å². The van der Waals surface area contributed by atoms with Crippen LogP contribution < -0.4 is 10.6 Å². The van der Waals surface area contributed by atoms with E-state index in [1.807, 2.05) is 0 Å². The summed E-state index contributed by atoms with van der Waals surface area (Å²) >= 11 is 12.3. The van der Waals surface area contributed by atoms with Gasteiger partial charge in [0.25, 0.3) is 11.8 Å². The van der Waals surface area contributed by atoms with E-state index in [-0.39, 0.29) is 22.0 Å². The van der Waals surface area contributed by atoms with Crippen molar-refractivity contribution < 1.29 is 18.0 Å². The number of nitrogens with one attached hydrogen (secondary N) is 2. The average Bonchev–Trinajstić information content (AvgIpc) is 2.70. The Balaban J connectivity index is 1.74. The molecular formula is C20H17Cl2N3O4S. The molecule has 0 spiro atoms. The van der Waals surface area contributed by atoms with Gasteiger partial charge in [-0.3, -0.25) is 14.6 Å². The van der Waals surface area contributed by atoms with Crippen molar-refractivity contribution in [3.05, 3.63) is 76.1 Å². The van der Waals surface area contributed by atoms with Gasteiger partial charge in [0.05, 0.1) is 32.1 Å². The minimum Gasteiger partial charge on any atom is -0.322 e. The van der Waals surface area contributed by atoms with Crippen molar-refractivity contribution in [2.24, 2.45) is 0 Å². The van der Waals surface area contributed by atoms with Crippen molar-refractivity contribution in [2.45, 2.75) is 11.7 Å². The molecular weight excluding hydrogens is 449 g/mol. The van der Waals surface area contributed by atoms with Gasteiger partial charge in [0.15, 0.2) is 9.84 Å². The first-order valence-electron chi connectivity index (χ1n) is 8.74. The van der Waals surface area contributed by atoms with E-state index in [2.05, 4.69) is 15.6 Å². The van der Waals surface area contributed by atoms with Crippen LogP contribution in [0.2, 0.25) is 5.02 Å². The summed E-state index contributed by atoms with van der Waals surface area (Å²) < 4.78 is 23.4. The summed E-state index contributed by atoms with van der Waals surface area (Å²) in [4.78, 5) is 28.8. The van der Waals surface area contributed by atoms with Crippen LogP contribution in [0.25, 0.3) is 0 Å². The summed E-state index contributed by atoms with van der Waals surface area (Å²) in [5, 5.41) is 4.94. The predicted octanol–water partition coefficient (Wildman–Crippen LogP) is 3.79. The molecule has 1 aliphatic carbocycles. The van der Waals surface area contributed by atoms with E-state index in [1.165, 1.54) is 30.5 Å². The SMILES string of the molecule is CS(=O)(=O)C1C=C(Cl)C(C(=O)Nc2ccc(Cl)c(NC(=O)c3cccnc3)c2)=CC1. The Hall–Kier alpha value is -2.68. The fraction of sp³-hybridized carbons (Fsp3) is 0.150. The number of amides is 2. The third-order valence-electron chi connectivity index (χ3n) is 4.33. The number of rotatable bonds is 5. The molecule has 0 saturated carbocycles. The number of benzene rings is 1. The number of sulfone groups is 1. The smallest absolute Gasteiger partial charge is 0.257 e. The Labute approximate surface area is 183 Å². The third-order valence-corrected chi connectivity index (χ3v) is 6.42. The van der Waals surface area contributed by atoms with Crippen molar-refractivity contribution in [3.63, 3.8) is 0 Å². The van der Waals surface area contributed by atoms with Gasteiger partial charge >= 0.3 is 0 Å². The van der Waals surface area contributed by atoms with Crippen LogP contribution in [0.3, 0.4) is 0 Å². The molecule has 1 unspecified atom stereocenters. The van der Waals surface area contributed by atoms with Crippen molar-refractivity contribution in [2.75, 3.05) is 16.9 Å². The van der Waals surface area contributed by atoms with Crippen LogP contribution in [-0.4, -0.2) is 36.7 Å². The van der Waals surface area contributed by atoms with Gasteiger partial charge in [0, 0.05) is 24.3 Å². The fourth-order valence-corrected chi connectivity index (χ4v) is 4.12. The van der Waals surface area contributed by atoms with E-state index < -0.39 is 26.9 Å². The highest BCUT2D eigenvalue weighted by molar-refractivity contribution is 7.91. The molecule has 0 saturated heterocycles. The van der Waals surface area contributed by atoms with E-state index in [0.717, 1.165) is 6.26 Å². The summed E-state index contributed by atoms with van der Waals surface area (Å²) in [7, 11) is -3.31. The van der Waals surface area contributed by atoms with Crippen LogP contribution in [0.1, 0.15) is 16.8 Å². The number of halogens is 2. The van der Waals surface area contributed by atoms with E-state index in [9.17, 15) is 18.0 Å². The van der Waals surface area contributed by atoms with E-state index >= 15 is 0 Å². The van der Waals surface area contributed by atoms with Crippen molar-refractivity contribution >= 4 is 56.2 Å². The zero-order valence-corrected chi connectivity index (χ0v) is 18.1. The molecule has 1 heterocycles. The van der Waals surface area contributed by atoms with E-state index in [0.29, 0.717) is 16.9 Å². The number of carbonyl (C=O) groups excluding carboxylic acids is 2. The minimum absolute atomic E-state index is 0.0632. The molecule has 2 N–H and O–H groups in total. The lowest BCUT2D eigenvalue weighted by atomic mass is 10.1. The van der Waals surface area contributed by atoms with E-state index in [4.69, 9.17) is 23.2 Å². The maximum Gasteiger partial charge on any atom is 0.257 e. The maximum absolute atomic E-state index is 12.6. The van der Waals surface area contributed by atoms with Crippen molar-refractivity contribution in [3.8, 4) is 0 Å². The third kappa shape index (κ3) is 5.27. The summed E-state index contributed by atoms with van der Waals surface area (Å²) in [5.74, 6) is -0.906. The molecule has 2 aromatic rings. The average molecular weight is 466 g/mol. The van der Waals surface area contributed by atoms with Crippen LogP contribution >= 0.6 is 23.2 Å². The summed E-state index contributed by atoms with van der Waals surface area (Å²) in [5.41, 5.74) is 1.21. The topological polar surface area (TPSA) is 105 Å². The molecule has 0 aliphatic heterocycles. The summed E-state index contributed by atoms with van der Waals surface area (Å²) in [6.45, 7) is 0. The van der Waals surface area contributed by atoms with Gasteiger partial charge < -0.3 is 10.6 Å². The van der Waals surface area contributed by atoms with Crippen LogP contribution in [0.15, 0.2) is 65.5 Å². The number of pyridine rings is 1. The predicted molar refractivity (Wildman–Crippen MR) is 118 cm³/mol. The lowest BCUT2D eigenvalue weighted by Gasteiger charge is -2.17. The fourth-order valence-electron chi connectivity index (χ4n) is 2.74. The van der Waals surface area contributed by atoms with Crippen LogP contribution in [0.4, 0.5) is 11.4 Å². The number of aromatic nitrogens is 1.